The van der Waals surface area contributed by atoms with Crippen molar-refractivity contribution in [3.63, 3.8) is 0 Å². The lowest BCUT2D eigenvalue weighted by Crippen LogP contribution is -2.11. The molecular formula is C16H20N2O2S. The summed E-state index contributed by atoms with van der Waals surface area (Å²) in [5.74, 6) is 0.403. The summed E-state index contributed by atoms with van der Waals surface area (Å²) in [6, 6.07) is 5.93. The fourth-order valence-corrected chi connectivity index (χ4v) is 3.37. The van der Waals surface area contributed by atoms with Crippen LogP contribution in [0.5, 0.6) is 0 Å². The van der Waals surface area contributed by atoms with Crippen molar-refractivity contribution in [3.8, 4) is 0 Å². The molecule has 2 heterocycles. The standard InChI is InChI=1S/C16H20N2O2S/c1-9-8-14(12(4)21-9)11(3)18-15-7-6-13(10(2)17-15)16(19)20-5/h6-8,11H,1-5H3,(H,17,18). The summed E-state index contributed by atoms with van der Waals surface area (Å²) >= 11 is 1.80. The van der Waals surface area contributed by atoms with Crippen LogP contribution in [0.1, 0.15) is 44.3 Å². The van der Waals surface area contributed by atoms with Gasteiger partial charge in [-0.25, -0.2) is 9.78 Å². The first-order valence-electron chi connectivity index (χ1n) is 6.81. The van der Waals surface area contributed by atoms with Crippen molar-refractivity contribution in [3.05, 3.63) is 44.8 Å². The lowest BCUT2D eigenvalue weighted by atomic mass is 10.1. The lowest BCUT2D eigenvalue weighted by molar-refractivity contribution is 0.0599. The van der Waals surface area contributed by atoms with E-state index in [1.807, 2.05) is 13.0 Å². The Hall–Kier alpha value is -1.88. The number of hydrogen-bond donors (Lipinski definition) is 1. The second-order valence-electron chi connectivity index (χ2n) is 5.06. The Morgan fingerprint density at radius 3 is 2.57 bits per heavy atom. The molecule has 0 saturated carbocycles. The number of aromatic nitrogens is 1. The Morgan fingerprint density at radius 1 is 1.33 bits per heavy atom. The van der Waals surface area contributed by atoms with Gasteiger partial charge in [0.15, 0.2) is 0 Å². The van der Waals surface area contributed by atoms with Gasteiger partial charge in [-0.3, -0.25) is 0 Å². The molecule has 1 atom stereocenters. The van der Waals surface area contributed by atoms with Crippen LogP contribution in [-0.2, 0) is 4.74 Å². The molecular weight excluding hydrogens is 284 g/mol. The summed E-state index contributed by atoms with van der Waals surface area (Å²) < 4.78 is 4.73. The van der Waals surface area contributed by atoms with Crippen LogP contribution in [0.2, 0.25) is 0 Å². The van der Waals surface area contributed by atoms with Gasteiger partial charge in [-0.1, -0.05) is 0 Å². The lowest BCUT2D eigenvalue weighted by Gasteiger charge is -2.15. The number of thiophene rings is 1. The van der Waals surface area contributed by atoms with Crippen LogP contribution in [-0.4, -0.2) is 18.1 Å². The third-order valence-corrected chi connectivity index (χ3v) is 4.38. The Labute approximate surface area is 129 Å². The Bertz CT molecular complexity index is 664. The highest BCUT2D eigenvalue weighted by atomic mass is 32.1. The third kappa shape index (κ3) is 3.42. The van der Waals surface area contributed by atoms with Gasteiger partial charge in [0.1, 0.15) is 5.82 Å². The van der Waals surface area contributed by atoms with Gasteiger partial charge < -0.3 is 10.1 Å². The van der Waals surface area contributed by atoms with Gasteiger partial charge in [-0.15, -0.1) is 11.3 Å². The van der Waals surface area contributed by atoms with Gasteiger partial charge in [-0.05, 0) is 51.5 Å². The van der Waals surface area contributed by atoms with E-state index in [4.69, 9.17) is 4.74 Å². The van der Waals surface area contributed by atoms with Crippen LogP contribution in [0.3, 0.4) is 0 Å². The molecule has 2 aromatic rings. The van der Waals surface area contributed by atoms with E-state index >= 15 is 0 Å². The topological polar surface area (TPSA) is 51.2 Å². The van der Waals surface area contributed by atoms with E-state index in [-0.39, 0.29) is 12.0 Å². The normalized spacial score (nSPS) is 12.0. The maximum atomic E-state index is 11.6. The molecule has 0 radical (unpaired) electrons. The first-order chi connectivity index (χ1) is 9.92. The largest absolute Gasteiger partial charge is 0.465 e. The number of methoxy groups -OCH3 is 1. The zero-order chi connectivity index (χ0) is 15.6. The average molecular weight is 304 g/mol. The Kier molecular flexibility index (Phi) is 4.63. The summed E-state index contributed by atoms with van der Waals surface area (Å²) in [5.41, 5.74) is 2.45. The number of carbonyl (C=O) groups is 1. The maximum absolute atomic E-state index is 11.6. The predicted octanol–water partition coefficient (Wildman–Crippen LogP) is 4.03. The van der Waals surface area contributed by atoms with Crippen LogP contribution >= 0.6 is 11.3 Å². The summed E-state index contributed by atoms with van der Waals surface area (Å²) in [6.07, 6.45) is 0. The Balaban J connectivity index is 2.18. The minimum Gasteiger partial charge on any atom is -0.465 e. The van der Waals surface area contributed by atoms with E-state index in [0.717, 1.165) is 5.82 Å². The zero-order valence-corrected chi connectivity index (χ0v) is 13.8. The van der Waals surface area contributed by atoms with Crippen molar-refractivity contribution in [1.29, 1.82) is 0 Å². The van der Waals surface area contributed by atoms with Gasteiger partial charge >= 0.3 is 5.97 Å². The van der Waals surface area contributed by atoms with Crippen molar-refractivity contribution < 1.29 is 9.53 Å². The van der Waals surface area contributed by atoms with Gasteiger partial charge in [-0.2, -0.15) is 0 Å². The Morgan fingerprint density at radius 2 is 2.05 bits per heavy atom. The van der Waals surface area contributed by atoms with E-state index in [1.54, 1.807) is 17.4 Å². The number of hydrogen-bond acceptors (Lipinski definition) is 5. The van der Waals surface area contributed by atoms with Gasteiger partial charge in [0, 0.05) is 9.75 Å². The molecule has 21 heavy (non-hydrogen) atoms. The molecule has 0 aromatic carbocycles. The molecule has 2 rings (SSSR count). The first-order valence-corrected chi connectivity index (χ1v) is 7.63. The number of ether oxygens (including phenoxy) is 1. The summed E-state index contributed by atoms with van der Waals surface area (Å²) in [5, 5.41) is 3.38. The highest BCUT2D eigenvalue weighted by Crippen LogP contribution is 2.28. The minimum atomic E-state index is -0.357. The summed E-state index contributed by atoms with van der Waals surface area (Å²) in [7, 11) is 1.37. The molecule has 0 aliphatic heterocycles. The second kappa shape index (κ2) is 6.26. The minimum absolute atomic E-state index is 0.172. The molecule has 0 amide bonds. The van der Waals surface area contributed by atoms with E-state index in [0.29, 0.717) is 11.3 Å². The third-order valence-electron chi connectivity index (χ3n) is 3.40. The van der Waals surface area contributed by atoms with Gasteiger partial charge in [0.25, 0.3) is 0 Å². The number of nitrogens with zero attached hydrogens (tertiary/aromatic N) is 1. The zero-order valence-electron chi connectivity index (χ0n) is 13.0. The molecule has 0 spiro atoms. The number of pyridine rings is 1. The number of aryl methyl sites for hydroxylation is 3. The van der Waals surface area contributed by atoms with E-state index in [9.17, 15) is 4.79 Å². The van der Waals surface area contributed by atoms with Crippen molar-refractivity contribution in [1.82, 2.24) is 4.98 Å². The maximum Gasteiger partial charge on any atom is 0.339 e. The van der Waals surface area contributed by atoms with E-state index in [1.165, 1.54) is 22.4 Å². The van der Waals surface area contributed by atoms with Crippen LogP contribution in [0, 0.1) is 20.8 Å². The number of carbonyl (C=O) groups excluding carboxylic acids is 1. The molecule has 2 aromatic heterocycles. The van der Waals surface area contributed by atoms with Crippen LogP contribution in [0.4, 0.5) is 5.82 Å². The summed E-state index contributed by atoms with van der Waals surface area (Å²) in [4.78, 5) is 18.6. The fraction of sp³-hybridized carbons (Fsp3) is 0.375. The molecule has 0 aliphatic carbocycles. The number of esters is 1. The van der Waals surface area contributed by atoms with Crippen molar-refractivity contribution in [2.24, 2.45) is 0 Å². The van der Waals surface area contributed by atoms with Gasteiger partial charge in [0.2, 0.25) is 0 Å². The highest BCUT2D eigenvalue weighted by molar-refractivity contribution is 7.12. The molecule has 1 N–H and O–H groups in total. The quantitative estimate of drug-likeness (QED) is 0.867. The molecule has 112 valence electrons. The monoisotopic (exact) mass is 304 g/mol. The molecule has 1 unspecified atom stereocenters. The van der Waals surface area contributed by atoms with Crippen LogP contribution in [0.15, 0.2) is 18.2 Å². The first kappa shape index (κ1) is 15.5. The number of nitrogens with one attached hydrogen (secondary N) is 1. The van der Waals surface area contributed by atoms with Crippen molar-refractivity contribution >= 4 is 23.1 Å². The second-order valence-corrected chi connectivity index (χ2v) is 6.52. The van der Waals surface area contributed by atoms with Crippen LogP contribution < -0.4 is 5.32 Å². The average Bonchev–Trinajstić information content (AvgIpc) is 2.77. The van der Waals surface area contributed by atoms with Crippen molar-refractivity contribution in [2.45, 2.75) is 33.7 Å². The predicted molar refractivity (Wildman–Crippen MR) is 86.1 cm³/mol. The number of anilines is 1. The molecule has 5 heteroatoms. The number of rotatable bonds is 4. The molecule has 0 fully saturated rings. The molecule has 0 saturated heterocycles. The molecule has 0 aliphatic rings. The van der Waals surface area contributed by atoms with E-state index in [2.05, 4.69) is 37.1 Å². The molecule has 0 bridgehead atoms. The summed E-state index contributed by atoms with van der Waals surface area (Å²) in [6.45, 7) is 8.16. The highest BCUT2D eigenvalue weighted by Gasteiger charge is 2.14. The fourth-order valence-electron chi connectivity index (χ4n) is 2.35. The van der Waals surface area contributed by atoms with Crippen molar-refractivity contribution in [2.75, 3.05) is 12.4 Å². The van der Waals surface area contributed by atoms with Crippen LogP contribution in [0.25, 0.3) is 0 Å². The SMILES string of the molecule is COC(=O)c1ccc(NC(C)c2cc(C)sc2C)nc1C. The van der Waals surface area contributed by atoms with E-state index < -0.39 is 0 Å². The van der Waals surface area contributed by atoms with Gasteiger partial charge in [0.05, 0.1) is 24.4 Å². The smallest absolute Gasteiger partial charge is 0.339 e. The molecule has 4 nitrogen and oxygen atoms in total.